The maximum Gasteiger partial charge on any atom is 0.211 e. The Labute approximate surface area is 183 Å². The molecule has 3 aromatic rings. The molecule has 2 heterocycles. The minimum absolute atomic E-state index is 0.518. The van der Waals surface area contributed by atoms with Crippen LogP contribution in [0.2, 0.25) is 10.0 Å². The van der Waals surface area contributed by atoms with Crippen LogP contribution in [0.3, 0.4) is 0 Å². The van der Waals surface area contributed by atoms with E-state index < -0.39 is 0 Å². The third kappa shape index (κ3) is 3.63. The highest BCUT2D eigenvalue weighted by atomic mass is 35.5. The summed E-state index contributed by atoms with van der Waals surface area (Å²) in [6, 6.07) is 10.3. The van der Waals surface area contributed by atoms with E-state index in [1.807, 2.05) is 12.1 Å². The molecule has 0 spiro atoms. The minimum Gasteiger partial charge on any atom is -0.310 e. The number of nitrogens with zero attached hydrogens (tertiary/aromatic N) is 4. The molecule has 0 bridgehead atoms. The Morgan fingerprint density at radius 1 is 1.07 bits per heavy atom. The van der Waals surface area contributed by atoms with Gasteiger partial charge in [-0.3, -0.25) is 0 Å². The Hall–Kier alpha value is -1.75. The van der Waals surface area contributed by atoms with Gasteiger partial charge in [-0.1, -0.05) is 43.1 Å². The molecule has 154 valence electrons. The molecular weight excluding hydrogens is 403 g/mol. The summed E-state index contributed by atoms with van der Waals surface area (Å²) in [7, 11) is 4.15. The third-order valence-corrected chi connectivity index (χ3v) is 6.43. The zero-order valence-corrected chi connectivity index (χ0v) is 19.1. The number of halogens is 2. The molecule has 6 heteroatoms. The van der Waals surface area contributed by atoms with E-state index in [1.165, 1.54) is 16.6 Å². The number of anilines is 2. The molecule has 4 rings (SSSR count). The molecule has 0 N–H and O–H groups in total. The first-order chi connectivity index (χ1) is 13.9. The third-order valence-electron chi connectivity index (χ3n) is 5.89. The molecule has 0 unspecified atom stereocenters. The lowest BCUT2D eigenvalue weighted by molar-refractivity contribution is 0.403. The van der Waals surface area contributed by atoms with Gasteiger partial charge in [0.1, 0.15) is 5.52 Å². The Bertz CT molecular complexity index is 1040. The van der Waals surface area contributed by atoms with E-state index in [-0.39, 0.29) is 0 Å². The van der Waals surface area contributed by atoms with Crippen LogP contribution < -0.4 is 4.90 Å². The maximum atomic E-state index is 6.58. The minimum atomic E-state index is 0.518. The fourth-order valence-corrected chi connectivity index (χ4v) is 4.90. The number of fused-ring (bicyclic) bond motifs is 3. The smallest absolute Gasteiger partial charge is 0.211 e. The van der Waals surface area contributed by atoms with Crippen molar-refractivity contribution in [3.8, 4) is 0 Å². The fourth-order valence-electron chi connectivity index (χ4n) is 4.51. The Morgan fingerprint density at radius 2 is 1.83 bits per heavy atom. The van der Waals surface area contributed by atoms with Crippen LogP contribution in [0.5, 0.6) is 0 Å². The van der Waals surface area contributed by atoms with Crippen molar-refractivity contribution in [2.24, 2.45) is 0 Å². The molecular formula is C23H28Cl2N4. The Kier molecular flexibility index (Phi) is 5.78. The van der Waals surface area contributed by atoms with Crippen molar-refractivity contribution >= 4 is 45.9 Å². The molecule has 0 saturated heterocycles. The molecule has 0 radical (unpaired) electrons. The van der Waals surface area contributed by atoms with Gasteiger partial charge in [-0.15, -0.1) is 0 Å². The lowest BCUT2D eigenvalue weighted by atomic mass is 9.93. The Balaban J connectivity index is 1.87. The van der Waals surface area contributed by atoms with Gasteiger partial charge in [0.05, 0.1) is 10.5 Å². The monoisotopic (exact) mass is 430 g/mol. The highest BCUT2D eigenvalue weighted by molar-refractivity contribution is 6.35. The van der Waals surface area contributed by atoms with Gasteiger partial charge in [0.2, 0.25) is 5.95 Å². The zero-order valence-electron chi connectivity index (χ0n) is 17.5. The van der Waals surface area contributed by atoms with Crippen molar-refractivity contribution in [2.75, 3.05) is 25.5 Å². The molecule has 0 fully saturated rings. The van der Waals surface area contributed by atoms with Crippen LogP contribution in [-0.2, 0) is 13.1 Å². The van der Waals surface area contributed by atoms with Crippen LogP contribution in [0.4, 0.5) is 11.6 Å². The summed E-state index contributed by atoms with van der Waals surface area (Å²) in [6.07, 6.45) is 2.23. The largest absolute Gasteiger partial charge is 0.310 e. The molecule has 29 heavy (non-hydrogen) atoms. The van der Waals surface area contributed by atoms with Gasteiger partial charge in [0.15, 0.2) is 0 Å². The average molecular weight is 431 g/mol. The lowest BCUT2D eigenvalue weighted by Crippen LogP contribution is -2.19. The van der Waals surface area contributed by atoms with Crippen LogP contribution in [0.1, 0.15) is 43.7 Å². The molecule has 2 aromatic carbocycles. The molecule has 0 atom stereocenters. The number of benzene rings is 2. The second kappa shape index (κ2) is 8.17. The average Bonchev–Trinajstić information content (AvgIpc) is 3.24. The first-order valence-corrected chi connectivity index (χ1v) is 11.1. The predicted molar refractivity (Wildman–Crippen MR) is 124 cm³/mol. The fraction of sp³-hybridized carbons (Fsp3) is 0.435. The van der Waals surface area contributed by atoms with E-state index in [2.05, 4.69) is 60.5 Å². The van der Waals surface area contributed by atoms with Crippen molar-refractivity contribution in [1.82, 2.24) is 14.5 Å². The van der Waals surface area contributed by atoms with E-state index in [1.54, 1.807) is 0 Å². The van der Waals surface area contributed by atoms with E-state index in [4.69, 9.17) is 28.2 Å². The summed E-state index contributed by atoms with van der Waals surface area (Å²) < 4.78 is 2.35. The van der Waals surface area contributed by atoms with Gasteiger partial charge in [0, 0.05) is 30.3 Å². The van der Waals surface area contributed by atoms with E-state index in [9.17, 15) is 0 Å². The van der Waals surface area contributed by atoms with Crippen molar-refractivity contribution < 1.29 is 0 Å². The second-order valence-corrected chi connectivity index (χ2v) is 8.92. The standard InChI is InChI=1S/C23H28Cl2N4/c1-5-15(6-2)18-8-9-19(25)21-22(18)29-12-11-28(23(29)26-21)20-10-7-17(24)13-16(20)14-27(3)4/h7-10,13,15H,5-6,11-12,14H2,1-4H3. The maximum absolute atomic E-state index is 6.58. The lowest BCUT2D eigenvalue weighted by Gasteiger charge is -2.22. The topological polar surface area (TPSA) is 24.3 Å². The van der Waals surface area contributed by atoms with Crippen LogP contribution in [0, 0.1) is 0 Å². The molecule has 0 saturated carbocycles. The molecule has 0 aliphatic carbocycles. The molecule has 1 aliphatic heterocycles. The van der Waals surface area contributed by atoms with Gasteiger partial charge < -0.3 is 14.4 Å². The highest BCUT2D eigenvalue weighted by Gasteiger charge is 2.29. The van der Waals surface area contributed by atoms with Crippen LogP contribution in [0.25, 0.3) is 11.0 Å². The molecule has 1 aliphatic rings. The van der Waals surface area contributed by atoms with Crippen LogP contribution >= 0.6 is 23.2 Å². The van der Waals surface area contributed by atoms with E-state index in [0.717, 1.165) is 59.7 Å². The van der Waals surface area contributed by atoms with Gasteiger partial charge >= 0.3 is 0 Å². The van der Waals surface area contributed by atoms with Crippen molar-refractivity contribution in [3.63, 3.8) is 0 Å². The van der Waals surface area contributed by atoms with Gasteiger partial charge in [-0.05, 0) is 68.2 Å². The highest BCUT2D eigenvalue weighted by Crippen LogP contribution is 2.41. The van der Waals surface area contributed by atoms with Crippen molar-refractivity contribution in [2.45, 2.75) is 45.7 Å². The second-order valence-electron chi connectivity index (χ2n) is 8.07. The summed E-state index contributed by atoms with van der Waals surface area (Å²) in [5, 5.41) is 1.48. The SMILES string of the molecule is CCC(CC)c1ccc(Cl)c2nc3n(c12)CCN3c1ccc(Cl)cc1CN(C)C. The van der Waals surface area contributed by atoms with E-state index >= 15 is 0 Å². The summed E-state index contributed by atoms with van der Waals surface area (Å²) in [5.74, 6) is 1.49. The number of hydrogen-bond acceptors (Lipinski definition) is 3. The van der Waals surface area contributed by atoms with Crippen LogP contribution in [-0.4, -0.2) is 35.1 Å². The van der Waals surface area contributed by atoms with Gasteiger partial charge in [-0.2, -0.15) is 0 Å². The molecule has 4 nitrogen and oxygen atoms in total. The van der Waals surface area contributed by atoms with Crippen LogP contribution in [0.15, 0.2) is 30.3 Å². The predicted octanol–water partition coefficient (Wildman–Crippen LogP) is 6.46. The van der Waals surface area contributed by atoms with E-state index in [0.29, 0.717) is 5.92 Å². The summed E-state index contributed by atoms with van der Waals surface area (Å²) in [5.41, 5.74) is 5.84. The summed E-state index contributed by atoms with van der Waals surface area (Å²) in [6.45, 7) is 7.14. The molecule has 0 amide bonds. The summed E-state index contributed by atoms with van der Waals surface area (Å²) >= 11 is 12.9. The number of hydrogen-bond donors (Lipinski definition) is 0. The van der Waals surface area contributed by atoms with Gasteiger partial charge in [0.25, 0.3) is 0 Å². The van der Waals surface area contributed by atoms with Gasteiger partial charge in [-0.25, -0.2) is 4.98 Å². The number of imidazole rings is 1. The normalized spacial score (nSPS) is 13.9. The first-order valence-electron chi connectivity index (χ1n) is 10.3. The number of aromatic nitrogens is 2. The molecule has 1 aromatic heterocycles. The Morgan fingerprint density at radius 3 is 2.52 bits per heavy atom. The van der Waals surface area contributed by atoms with Crippen molar-refractivity contribution in [3.05, 3.63) is 51.5 Å². The van der Waals surface area contributed by atoms with Crippen molar-refractivity contribution in [1.29, 1.82) is 0 Å². The first kappa shape index (κ1) is 20.5. The quantitative estimate of drug-likeness (QED) is 0.448. The number of rotatable bonds is 6. The summed E-state index contributed by atoms with van der Waals surface area (Å²) in [4.78, 5) is 9.49. The zero-order chi connectivity index (χ0) is 20.7.